The third-order valence-electron chi connectivity index (χ3n) is 5.56. The standard InChI is InChI=1S/C25H19FN4O3S/c1-2-29-21-12-11-15(24(32)33)13-19(21)27-22(29)14-34-25-28-18-9-5-3-7-16(18)23(31)30(25)20-10-6-4-8-17(20)26/h3-13H,2,14H2,1H3,(H,32,33). The molecule has 5 rings (SSSR count). The highest BCUT2D eigenvalue weighted by molar-refractivity contribution is 7.98. The average Bonchev–Trinajstić information content (AvgIpc) is 3.20. The first-order valence-electron chi connectivity index (χ1n) is 10.6. The van der Waals surface area contributed by atoms with Crippen molar-refractivity contribution in [2.75, 3.05) is 0 Å². The number of rotatable bonds is 6. The number of nitrogens with zero attached hydrogens (tertiary/aromatic N) is 4. The van der Waals surface area contributed by atoms with Gasteiger partial charge in [0.25, 0.3) is 5.56 Å². The second kappa shape index (κ2) is 8.75. The van der Waals surface area contributed by atoms with Crippen molar-refractivity contribution >= 4 is 39.7 Å². The number of carboxylic acid groups (broad SMARTS) is 1. The Kier molecular flexibility index (Phi) is 5.62. The molecule has 2 aromatic heterocycles. The van der Waals surface area contributed by atoms with Crippen LogP contribution in [0.5, 0.6) is 0 Å². The summed E-state index contributed by atoms with van der Waals surface area (Å²) in [5, 5.41) is 10.0. The number of aromatic nitrogens is 4. The van der Waals surface area contributed by atoms with Gasteiger partial charge in [0.1, 0.15) is 11.6 Å². The van der Waals surface area contributed by atoms with E-state index in [9.17, 15) is 19.1 Å². The normalized spacial score (nSPS) is 11.4. The number of aryl methyl sites for hydroxylation is 1. The van der Waals surface area contributed by atoms with E-state index in [1.807, 2.05) is 11.5 Å². The molecule has 0 saturated carbocycles. The molecule has 3 aromatic carbocycles. The zero-order chi connectivity index (χ0) is 23.8. The molecule has 5 aromatic rings. The van der Waals surface area contributed by atoms with Gasteiger partial charge in [0.05, 0.1) is 38.9 Å². The number of hydrogen-bond donors (Lipinski definition) is 1. The van der Waals surface area contributed by atoms with Crippen LogP contribution >= 0.6 is 11.8 Å². The zero-order valence-electron chi connectivity index (χ0n) is 18.1. The van der Waals surface area contributed by atoms with Gasteiger partial charge < -0.3 is 9.67 Å². The van der Waals surface area contributed by atoms with Gasteiger partial charge in [-0.15, -0.1) is 0 Å². The summed E-state index contributed by atoms with van der Waals surface area (Å²) in [5.41, 5.74) is 1.86. The Bertz CT molecular complexity index is 1630. The zero-order valence-corrected chi connectivity index (χ0v) is 18.9. The third-order valence-corrected chi connectivity index (χ3v) is 6.49. The van der Waals surface area contributed by atoms with Crippen LogP contribution in [0.25, 0.3) is 27.6 Å². The van der Waals surface area contributed by atoms with Gasteiger partial charge in [-0.3, -0.25) is 9.36 Å². The molecule has 0 fully saturated rings. The predicted molar refractivity (Wildman–Crippen MR) is 129 cm³/mol. The lowest BCUT2D eigenvalue weighted by atomic mass is 10.2. The molecule has 0 aliphatic carbocycles. The van der Waals surface area contributed by atoms with E-state index < -0.39 is 11.8 Å². The number of hydrogen-bond acceptors (Lipinski definition) is 5. The summed E-state index contributed by atoms with van der Waals surface area (Å²) in [6.45, 7) is 2.61. The van der Waals surface area contributed by atoms with Crippen molar-refractivity contribution in [2.24, 2.45) is 0 Å². The van der Waals surface area contributed by atoms with Crippen molar-refractivity contribution in [1.29, 1.82) is 0 Å². The van der Waals surface area contributed by atoms with E-state index in [-0.39, 0.29) is 16.8 Å². The Hall–Kier alpha value is -3.98. The van der Waals surface area contributed by atoms with Crippen LogP contribution in [0.1, 0.15) is 23.1 Å². The van der Waals surface area contributed by atoms with Crippen molar-refractivity contribution in [1.82, 2.24) is 19.1 Å². The average molecular weight is 475 g/mol. The summed E-state index contributed by atoms with van der Waals surface area (Å²) in [7, 11) is 0. The molecule has 9 heteroatoms. The lowest BCUT2D eigenvalue weighted by Crippen LogP contribution is -2.22. The van der Waals surface area contributed by atoms with E-state index >= 15 is 0 Å². The highest BCUT2D eigenvalue weighted by atomic mass is 32.2. The summed E-state index contributed by atoms with van der Waals surface area (Å²) in [4.78, 5) is 34.0. The molecule has 1 N–H and O–H groups in total. The van der Waals surface area contributed by atoms with Gasteiger partial charge in [-0.05, 0) is 49.4 Å². The maximum absolute atomic E-state index is 14.7. The molecule has 0 atom stereocenters. The van der Waals surface area contributed by atoms with Crippen molar-refractivity contribution in [3.05, 3.63) is 94.3 Å². The first-order chi connectivity index (χ1) is 16.5. The van der Waals surface area contributed by atoms with Gasteiger partial charge in [0, 0.05) is 6.54 Å². The minimum absolute atomic E-state index is 0.128. The lowest BCUT2D eigenvalue weighted by molar-refractivity contribution is 0.0697. The molecule has 7 nitrogen and oxygen atoms in total. The van der Waals surface area contributed by atoms with Crippen LogP contribution < -0.4 is 5.56 Å². The summed E-state index contributed by atoms with van der Waals surface area (Å²) in [6, 6.07) is 17.9. The molecule has 0 unspecified atom stereocenters. The quantitative estimate of drug-likeness (QED) is 0.279. The first kappa shape index (κ1) is 21.8. The number of carboxylic acids is 1. The van der Waals surface area contributed by atoms with Crippen LogP contribution in [-0.4, -0.2) is 30.2 Å². The Balaban J connectivity index is 1.61. The Morgan fingerprint density at radius 2 is 1.79 bits per heavy atom. The van der Waals surface area contributed by atoms with Crippen molar-refractivity contribution in [2.45, 2.75) is 24.4 Å². The van der Waals surface area contributed by atoms with Crippen LogP contribution in [-0.2, 0) is 12.3 Å². The summed E-state index contributed by atoms with van der Waals surface area (Å²) < 4.78 is 18.0. The highest BCUT2D eigenvalue weighted by Crippen LogP contribution is 2.27. The molecule has 0 amide bonds. The van der Waals surface area contributed by atoms with E-state index in [2.05, 4.69) is 9.97 Å². The molecule has 0 bridgehead atoms. The molecule has 170 valence electrons. The number of thioether (sulfide) groups is 1. The monoisotopic (exact) mass is 474 g/mol. The largest absolute Gasteiger partial charge is 0.478 e. The van der Waals surface area contributed by atoms with Gasteiger partial charge in [-0.25, -0.2) is 19.2 Å². The second-order valence-corrected chi connectivity index (χ2v) is 8.52. The second-order valence-electron chi connectivity index (χ2n) is 7.57. The maximum Gasteiger partial charge on any atom is 0.335 e. The van der Waals surface area contributed by atoms with Gasteiger partial charge in [0.15, 0.2) is 5.16 Å². The summed E-state index contributed by atoms with van der Waals surface area (Å²) in [6.07, 6.45) is 0. The minimum Gasteiger partial charge on any atom is -0.478 e. The van der Waals surface area contributed by atoms with E-state index in [1.165, 1.54) is 22.4 Å². The fraction of sp³-hybridized carbons (Fsp3) is 0.120. The molecule has 0 radical (unpaired) electrons. The Labute approximate surface area is 197 Å². The molecule has 0 spiro atoms. The third kappa shape index (κ3) is 3.73. The summed E-state index contributed by atoms with van der Waals surface area (Å²) >= 11 is 1.27. The van der Waals surface area contributed by atoms with Crippen LogP contribution in [0, 0.1) is 5.82 Å². The predicted octanol–water partition coefficient (Wildman–Crippen LogP) is 4.88. The topological polar surface area (TPSA) is 90.0 Å². The number of fused-ring (bicyclic) bond motifs is 2. The van der Waals surface area contributed by atoms with E-state index in [1.54, 1.807) is 60.7 Å². The Morgan fingerprint density at radius 1 is 1.03 bits per heavy atom. The number of para-hydroxylation sites is 2. The fourth-order valence-electron chi connectivity index (χ4n) is 3.96. The van der Waals surface area contributed by atoms with E-state index in [0.29, 0.717) is 39.7 Å². The van der Waals surface area contributed by atoms with Gasteiger partial charge >= 0.3 is 5.97 Å². The first-order valence-corrected chi connectivity index (χ1v) is 11.6. The lowest BCUT2D eigenvalue weighted by Gasteiger charge is -2.14. The van der Waals surface area contributed by atoms with Crippen molar-refractivity contribution in [3.63, 3.8) is 0 Å². The highest BCUT2D eigenvalue weighted by Gasteiger charge is 2.18. The fourth-order valence-corrected chi connectivity index (χ4v) is 4.91. The number of aromatic carboxylic acids is 1. The SMILES string of the molecule is CCn1c(CSc2nc3ccccc3c(=O)n2-c2ccccc2F)nc2cc(C(=O)O)ccc21. The minimum atomic E-state index is -1.02. The molecule has 0 saturated heterocycles. The van der Waals surface area contributed by atoms with Gasteiger partial charge in [-0.1, -0.05) is 36.0 Å². The number of benzene rings is 3. The van der Waals surface area contributed by atoms with Crippen LogP contribution in [0.2, 0.25) is 0 Å². The molecule has 0 aliphatic heterocycles. The van der Waals surface area contributed by atoms with Gasteiger partial charge in [-0.2, -0.15) is 0 Å². The van der Waals surface area contributed by atoms with Crippen LogP contribution in [0.4, 0.5) is 4.39 Å². The summed E-state index contributed by atoms with van der Waals surface area (Å²) in [5.74, 6) is -0.486. The molecule has 2 heterocycles. The van der Waals surface area contributed by atoms with E-state index in [4.69, 9.17) is 0 Å². The Morgan fingerprint density at radius 3 is 2.56 bits per heavy atom. The molecular formula is C25H19FN4O3S. The van der Waals surface area contributed by atoms with Crippen molar-refractivity contribution in [3.8, 4) is 5.69 Å². The molecule has 34 heavy (non-hydrogen) atoms. The number of halogens is 1. The van der Waals surface area contributed by atoms with Crippen LogP contribution in [0.3, 0.4) is 0 Å². The smallest absolute Gasteiger partial charge is 0.335 e. The molecule has 0 aliphatic rings. The number of carbonyl (C=O) groups is 1. The number of imidazole rings is 1. The van der Waals surface area contributed by atoms with E-state index in [0.717, 1.165) is 5.52 Å². The van der Waals surface area contributed by atoms with Gasteiger partial charge in [0.2, 0.25) is 0 Å². The molecular weight excluding hydrogens is 455 g/mol. The maximum atomic E-state index is 14.7. The van der Waals surface area contributed by atoms with Crippen LogP contribution in [0.15, 0.2) is 76.7 Å². The van der Waals surface area contributed by atoms with Crippen molar-refractivity contribution < 1.29 is 14.3 Å².